The largest absolute Gasteiger partial charge is 0.0891 e. The average Bonchev–Trinajstić information content (AvgIpc) is 2.74. The standard InChI is InChI=1S/C26H20S/c1-19-11-10-17-23-25(19)27-24-18-9-8-16-22(24)26(23,20-12-4-2-5-13-20)21-14-6-3-7-15-21/h2-18H,1H3. The van der Waals surface area contributed by atoms with Gasteiger partial charge in [-0.05, 0) is 40.8 Å². The lowest BCUT2D eigenvalue weighted by molar-refractivity contribution is 0.700. The van der Waals surface area contributed by atoms with Gasteiger partial charge in [0.2, 0.25) is 0 Å². The summed E-state index contributed by atoms with van der Waals surface area (Å²) in [6.45, 7) is 2.22. The first kappa shape index (κ1) is 16.4. The summed E-state index contributed by atoms with van der Waals surface area (Å²) in [4.78, 5) is 2.72. The average molecular weight is 365 g/mol. The lowest BCUT2D eigenvalue weighted by atomic mass is 9.64. The van der Waals surface area contributed by atoms with Crippen molar-refractivity contribution >= 4 is 11.8 Å². The molecule has 1 heterocycles. The van der Waals surface area contributed by atoms with Gasteiger partial charge < -0.3 is 0 Å². The van der Waals surface area contributed by atoms with Crippen LogP contribution in [-0.4, -0.2) is 0 Å². The molecular formula is C26H20S. The molecule has 0 radical (unpaired) electrons. The lowest BCUT2D eigenvalue weighted by Gasteiger charge is -2.42. The van der Waals surface area contributed by atoms with Crippen molar-refractivity contribution in [2.75, 3.05) is 0 Å². The highest BCUT2D eigenvalue weighted by atomic mass is 32.2. The molecule has 5 rings (SSSR count). The van der Waals surface area contributed by atoms with Crippen molar-refractivity contribution < 1.29 is 0 Å². The molecule has 0 nitrogen and oxygen atoms in total. The molecule has 4 aromatic carbocycles. The van der Waals surface area contributed by atoms with Gasteiger partial charge in [0.05, 0.1) is 5.41 Å². The van der Waals surface area contributed by atoms with E-state index in [9.17, 15) is 0 Å². The molecule has 0 fully saturated rings. The SMILES string of the molecule is Cc1cccc2c1Sc1ccccc1C2(c1ccccc1)c1ccccc1. The van der Waals surface area contributed by atoms with Gasteiger partial charge >= 0.3 is 0 Å². The number of fused-ring (bicyclic) bond motifs is 2. The van der Waals surface area contributed by atoms with Crippen LogP contribution in [0.25, 0.3) is 0 Å². The fourth-order valence-electron chi connectivity index (χ4n) is 4.37. The van der Waals surface area contributed by atoms with Crippen LogP contribution in [0.2, 0.25) is 0 Å². The fraction of sp³-hybridized carbons (Fsp3) is 0.0769. The van der Waals surface area contributed by atoms with Gasteiger partial charge in [-0.1, -0.05) is 109 Å². The van der Waals surface area contributed by atoms with E-state index in [0.29, 0.717) is 0 Å². The minimum atomic E-state index is -0.300. The van der Waals surface area contributed by atoms with Crippen molar-refractivity contribution in [2.45, 2.75) is 22.1 Å². The van der Waals surface area contributed by atoms with Crippen molar-refractivity contribution in [1.82, 2.24) is 0 Å². The first-order valence-electron chi connectivity index (χ1n) is 9.30. The van der Waals surface area contributed by atoms with Crippen molar-refractivity contribution in [3.05, 3.63) is 131 Å². The summed E-state index contributed by atoms with van der Waals surface area (Å²) in [5.74, 6) is 0. The van der Waals surface area contributed by atoms with Gasteiger partial charge in [0.15, 0.2) is 0 Å². The third-order valence-corrected chi connectivity index (χ3v) is 6.85. The fourth-order valence-corrected chi connectivity index (χ4v) is 5.63. The van der Waals surface area contributed by atoms with Gasteiger partial charge in [0.1, 0.15) is 0 Å². The predicted octanol–water partition coefficient (Wildman–Crippen LogP) is 6.84. The molecule has 0 saturated carbocycles. The number of rotatable bonds is 2. The Morgan fingerprint density at radius 2 is 1.11 bits per heavy atom. The zero-order valence-corrected chi connectivity index (χ0v) is 16.0. The topological polar surface area (TPSA) is 0 Å². The van der Waals surface area contributed by atoms with E-state index in [1.165, 1.54) is 37.6 Å². The monoisotopic (exact) mass is 364 g/mol. The minimum Gasteiger partial charge on any atom is -0.0891 e. The van der Waals surface area contributed by atoms with E-state index in [1.807, 2.05) is 11.8 Å². The molecule has 0 spiro atoms. The lowest BCUT2D eigenvalue weighted by Crippen LogP contribution is -2.34. The molecule has 0 amide bonds. The van der Waals surface area contributed by atoms with Gasteiger partial charge in [-0.25, -0.2) is 0 Å². The molecule has 1 aliphatic rings. The summed E-state index contributed by atoms with van der Waals surface area (Å²) in [5, 5.41) is 0. The van der Waals surface area contributed by atoms with Crippen molar-refractivity contribution in [1.29, 1.82) is 0 Å². The summed E-state index contributed by atoms with van der Waals surface area (Å²) in [7, 11) is 0. The maximum Gasteiger partial charge on any atom is 0.0723 e. The Kier molecular flexibility index (Phi) is 3.91. The predicted molar refractivity (Wildman–Crippen MR) is 114 cm³/mol. The zero-order chi connectivity index (χ0) is 18.3. The number of aryl methyl sites for hydroxylation is 1. The van der Waals surface area contributed by atoms with Crippen molar-refractivity contribution in [3.63, 3.8) is 0 Å². The smallest absolute Gasteiger partial charge is 0.0723 e. The molecule has 130 valence electrons. The van der Waals surface area contributed by atoms with Crippen LogP contribution in [0.5, 0.6) is 0 Å². The highest BCUT2D eigenvalue weighted by Crippen LogP contribution is 2.56. The van der Waals surface area contributed by atoms with Crippen LogP contribution in [0.1, 0.15) is 27.8 Å². The molecule has 0 aromatic heterocycles. The van der Waals surface area contributed by atoms with E-state index in [2.05, 4.69) is 110 Å². The summed E-state index contributed by atoms with van der Waals surface area (Å²) in [6.07, 6.45) is 0. The Morgan fingerprint density at radius 3 is 1.78 bits per heavy atom. The molecule has 0 saturated heterocycles. The normalized spacial score (nSPS) is 14.3. The molecular weight excluding hydrogens is 344 g/mol. The molecule has 27 heavy (non-hydrogen) atoms. The first-order chi connectivity index (χ1) is 13.3. The Labute approximate surface area is 164 Å². The maximum atomic E-state index is 2.31. The summed E-state index contributed by atoms with van der Waals surface area (Å²) >= 11 is 1.90. The van der Waals surface area contributed by atoms with E-state index < -0.39 is 0 Å². The van der Waals surface area contributed by atoms with Crippen LogP contribution in [0.3, 0.4) is 0 Å². The van der Waals surface area contributed by atoms with Crippen LogP contribution in [0, 0.1) is 6.92 Å². The molecule has 4 aromatic rings. The number of hydrogen-bond donors (Lipinski definition) is 0. The van der Waals surface area contributed by atoms with Crippen molar-refractivity contribution in [3.8, 4) is 0 Å². The maximum absolute atomic E-state index is 2.31. The van der Waals surface area contributed by atoms with Gasteiger partial charge in [-0.15, -0.1) is 0 Å². The van der Waals surface area contributed by atoms with Crippen LogP contribution in [0.15, 0.2) is 113 Å². The quantitative estimate of drug-likeness (QED) is 0.330. The second-order valence-corrected chi connectivity index (χ2v) is 8.08. The summed E-state index contributed by atoms with van der Waals surface area (Å²) < 4.78 is 0. The first-order valence-corrected chi connectivity index (χ1v) is 10.1. The Hall–Kier alpha value is -2.77. The molecule has 0 atom stereocenters. The molecule has 0 unspecified atom stereocenters. The Morgan fingerprint density at radius 1 is 0.556 bits per heavy atom. The van der Waals surface area contributed by atoms with Gasteiger partial charge in [-0.2, -0.15) is 0 Å². The number of benzene rings is 4. The van der Waals surface area contributed by atoms with Crippen LogP contribution in [-0.2, 0) is 5.41 Å². The second-order valence-electron chi connectivity index (χ2n) is 7.03. The van der Waals surface area contributed by atoms with E-state index >= 15 is 0 Å². The second kappa shape index (κ2) is 6.44. The van der Waals surface area contributed by atoms with Crippen LogP contribution in [0.4, 0.5) is 0 Å². The minimum absolute atomic E-state index is 0.300. The van der Waals surface area contributed by atoms with Gasteiger partial charge in [0.25, 0.3) is 0 Å². The Balaban J connectivity index is 1.99. The summed E-state index contributed by atoms with van der Waals surface area (Å²) in [6, 6.07) is 37.5. The third kappa shape index (κ3) is 2.39. The Bertz CT molecular complexity index is 1060. The highest BCUT2D eigenvalue weighted by molar-refractivity contribution is 7.99. The van der Waals surface area contributed by atoms with Crippen LogP contribution >= 0.6 is 11.8 Å². The van der Waals surface area contributed by atoms with Gasteiger partial charge in [-0.3, -0.25) is 0 Å². The summed E-state index contributed by atoms with van der Waals surface area (Å²) in [5.41, 5.74) is 6.41. The van der Waals surface area contributed by atoms with E-state index in [1.54, 1.807) is 0 Å². The van der Waals surface area contributed by atoms with Crippen LogP contribution < -0.4 is 0 Å². The zero-order valence-electron chi connectivity index (χ0n) is 15.2. The molecule has 1 aliphatic heterocycles. The third-order valence-electron chi connectivity index (χ3n) is 5.53. The van der Waals surface area contributed by atoms with Crippen molar-refractivity contribution in [2.24, 2.45) is 0 Å². The number of hydrogen-bond acceptors (Lipinski definition) is 1. The van der Waals surface area contributed by atoms with E-state index in [4.69, 9.17) is 0 Å². The van der Waals surface area contributed by atoms with Gasteiger partial charge in [0, 0.05) is 9.79 Å². The molecule has 0 N–H and O–H groups in total. The molecule has 0 aliphatic carbocycles. The van der Waals surface area contributed by atoms with E-state index in [-0.39, 0.29) is 5.41 Å². The molecule has 1 heteroatoms. The highest BCUT2D eigenvalue weighted by Gasteiger charge is 2.44. The van der Waals surface area contributed by atoms with E-state index in [0.717, 1.165) is 0 Å². The molecule has 0 bridgehead atoms.